The number of rotatable bonds is 4. The Labute approximate surface area is 107 Å². The molecule has 4 nitrogen and oxygen atoms in total. The summed E-state index contributed by atoms with van der Waals surface area (Å²) < 4.78 is 1.86. The first-order valence-corrected chi connectivity index (χ1v) is 6.46. The molecule has 0 aliphatic carbocycles. The average molecular weight is 245 g/mol. The Morgan fingerprint density at radius 3 is 2.61 bits per heavy atom. The number of aryl methyl sites for hydroxylation is 1. The smallest absolute Gasteiger partial charge is 0.256 e. The normalized spacial score (nSPS) is 10.8. The van der Waals surface area contributed by atoms with E-state index in [9.17, 15) is 4.79 Å². The lowest BCUT2D eigenvalue weighted by Crippen LogP contribution is -2.30. The number of carbonyl (C=O) groups is 1. The molecular weight excluding hydrogens is 226 g/mol. The monoisotopic (exact) mass is 245 g/mol. The van der Waals surface area contributed by atoms with Gasteiger partial charge < -0.3 is 4.90 Å². The van der Waals surface area contributed by atoms with Crippen molar-refractivity contribution >= 4 is 16.8 Å². The molecule has 0 unspecified atom stereocenters. The van der Waals surface area contributed by atoms with Crippen molar-refractivity contribution in [2.75, 3.05) is 13.1 Å². The van der Waals surface area contributed by atoms with E-state index in [1.165, 1.54) is 0 Å². The lowest BCUT2D eigenvalue weighted by atomic mass is 10.1. The summed E-state index contributed by atoms with van der Waals surface area (Å²) in [5.74, 6) is 0.0620. The molecule has 1 heterocycles. The van der Waals surface area contributed by atoms with Crippen molar-refractivity contribution in [2.24, 2.45) is 0 Å². The second kappa shape index (κ2) is 5.21. The predicted molar refractivity (Wildman–Crippen MR) is 72.7 cm³/mol. The van der Waals surface area contributed by atoms with Gasteiger partial charge in [0.05, 0.1) is 5.56 Å². The van der Waals surface area contributed by atoms with Crippen molar-refractivity contribution in [3.05, 3.63) is 30.0 Å². The van der Waals surface area contributed by atoms with Crippen LogP contribution >= 0.6 is 0 Å². The first-order chi connectivity index (χ1) is 8.71. The van der Waals surface area contributed by atoms with Gasteiger partial charge in [0.1, 0.15) is 5.52 Å². The molecule has 96 valence electrons. The van der Waals surface area contributed by atoms with Crippen LogP contribution in [0.1, 0.15) is 31.1 Å². The summed E-state index contributed by atoms with van der Waals surface area (Å²) in [5, 5.41) is 5.50. The maximum atomic E-state index is 12.4. The van der Waals surface area contributed by atoms with Crippen LogP contribution in [0.4, 0.5) is 0 Å². The largest absolute Gasteiger partial charge is 0.339 e. The topological polar surface area (TPSA) is 38.1 Å². The quantitative estimate of drug-likeness (QED) is 0.830. The average Bonchev–Trinajstić information content (AvgIpc) is 2.82. The molecule has 2 rings (SSSR count). The van der Waals surface area contributed by atoms with E-state index in [1.54, 1.807) is 0 Å². The van der Waals surface area contributed by atoms with Gasteiger partial charge in [0.25, 0.3) is 5.91 Å². The molecule has 0 fully saturated rings. The number of hydrogen-bond acceptors (Lipinski definition) is 2. The maximum Gasteiger partial charge on any atom is 0.256 e. The van der Waals surface area contributed by atoms with Crippen LogP contribution in [0, 0.1) is 0 Å². The second-order valence-electron chi connectivity index (χ2n) is 4.21. The van der Waals surface area contributed by atoms with Crippen LogP contribution in [0.3, 0.4) is 0 Å². The Hall–Kier alpha value is -1.84. The SMILES string of the molecule is CCN(CC)C(=O)c1cccc2cn(CC)nc12. The first-order valence-electron chi connectivity index (χ1n) is 6.46. The Morgan fingerprint density at radius 1 is 1.28 bits per heavy atom. The van der Waals surface area contributed by atoms with Crippen LogP contribution in [-0.4, -0.2) is 33.7 Å². The zero-order chi connectivity index (χ0) is 13.1. The van der Waals surface area contributed by atoms with Crippen molar-refractivity contribution < 1.29 is 4.79 Å². The number of aromatic nitrogens is 2. The van der Waals surface area contributed by atoms with Crippen LogP contribution in [0.5, 0.6) is 0 Å². The van der Waals surface area contributed by atoms with Gasteiger partial charge in [0, 0.05) is 31.2 Å². The van der Waals surface area contributed by atoms with E-state index < -0.39 is 0 Å². The minimum Gasteiger partial charge on any atom is -0.339 e. The van der Waals surface area contributed by atoms with Gasteiger partial charge in [-0.25, -0.2) is 0 Å². The minimum atomic E-state index is 0.0620. The van der Waals surface area contributed by atoms with Crippen LogP contribution in [0.25, 0.3) is 10.9 Å². The van der Waals surface area contributed by atoms with Gasteiger partial charge in [0.2, 0.25) is 0 Å². The van der Waals surface area contributed by atoms with Gasteiger partial charge >= 0.3 is 0 Å². The predicted octanol–water partition coefficient (Wildman–Crippen LogP) is 2.54. The summed E-state index contributed by atoms with van der Waals surface area (Å²) in [5.41, 5.74) is 1.50. The van der Waals surface area contributed by atoms with Crippen LogP contribution in [-0.2, 0) is 6.54 Å². The molecular formula is C14H19N3O. The summed E-state index contributed by atoms with van der Waals surface area (Å²) >= 11 is 0. The van der Waals surface area contributed by atoms with Crippen molar-refractivity contribution in [2.45, 2.75) is 27.3 Å². The molecule has 2 aromatic rings. The third-order valence-corrected chi connectivity index (χ3v) is 3.19. The zero-order valence-corrected chi connectivity index (χ0v) is 11.2. The third-order valence-electron chi connectivity index (χ3n) is 3.19. The van der Waals surface area contributed by atoms with E-state index >= 15 is 0 Å². The molecule has 1 aromatic heterocycles. The summed E-state index contributed by atoms with van der Waals surface area (Å²) in [7, 11) is 0. The molecule has 1 amide bonds. The van der Waals surface area contributed by atoms with E-state index in [2.05, 4.69) is 5.10 Å². The number of nitrogens with zero attached hydrogens (tertiary/aromatic N) is 3. The van der Waals surface area contributed by atoms with E-state index in [0.717, 1.165) is 30.5 Å². The molecule has 0 spiro atoms. The second-order valence-corrected chi connectivity index (χ2v) is 4.21. The zero-order valence-electron chi connectivity index (χ0n) is 11.2. The molecule has 0 saturated carbocycles. The van der Waals surface area contributed by atoms with Gasteiger partial charge in [-0.15, -0.1) is 0 Å². The van der Waals surface area contributed by atoms with E-state index in [1.807, 2.05) is 54.7 Å². The Bertz CT molecular complexity index is 555. The molecule has 0 N–H and O–H groups in total. The third kappa shape index (κ3) is 2.10. The molecule has 0 radical (unpaired) electrons. The van der Waals surface area contributed by atoms with E-state index in [-0.39, 0.29) is 5.91 Å². The summed E-state index contributed by atoms with van der Waals surface area (Å²) in [4.78, 5) is 14.2. The lowest BCUT2D eigenvalue weighted by molar-refractivity contribution is 0.0774. The lowest BCUT2D eigenvalue weighted by Gasteiger charge is -2.18. The first kappa shape index (κ1) is 12.6. The molecule has 0 aliphatic heterocycles. The molecule has 0 saturated heterocycles. The van der Waals surface area contributed by atoms with Crippen LogP contribution in [0.15, 0.2) is 24.4 Å². The highest BCUT2D eigenvalue weighted by Crippen LogP contribution is 2.18. The van der Waals surface area contributed by atoms with Crippen molar-refractivity contribution in [3.63, 3.8) is 0 Å². The highest BCUT2D eigenvalue weighted by molar-refractivity contribution is 6.05. The fraction of sp³-hybridized carbons (Fsp3) is 0.429. The Balaban J connectivity index is 2.50. The number of hydrogen-bond donors (Lipinski definition) is 0. The van der Waals surface area contributed by atoms with Gasteiger partial charge in [-0.3, -0.25) is 9.48 Å². The molecule has 0 atom stereocenters. The van der Waals surface area contributed by atoms with E-state index in [0.29, 0.717) is 5.56 Å². The van der Waals surface area contributed by atoms with Crippen molar-refractivity contribution in [1.29, 1.82) is 0 Å². The molecule has 1 aromatic carbocycles. The maximum absolute atomic E-state index is 12.4. The number of amides is 1. The van der Waals surface area contributed by atoms with Crippen LogP contribution < -0.4 is 0 Å². The summed E-state index contributed by atoms with van der Waals surface area (Å²) in [6.45, 7) is 8.28. The number of benzene rings is 1. The molecule has 4 heteroatoms. The summed E-state index contributed by atoms with van der Waals surface area (Å²) in [6.07, 6.45) is 1.98. The van der Waals surface area contributed by atoms with Crippen molar-refractivity contribution in [3.8, 4) is 0 Å². The van der Waals surface area contributed by atoms with Gasteiger partial charge in [-0.1, -0.05) is 12.1 Å². The fourth-order valence-corrected chi connectivity index (χ4v) is 2.11. The minimum absolute atomic E-state index is 0.0620. The number of carbonyl (C=O) groups excluding carboxylic acids is 1. The van der Waals surface area contributed by atoms with Crippen molar-refractivity contribution in [1.82, 2.24) is 14.7 Å². The molecule has 18 heavy (non-hydrogen) atoms. The summed E-state index contributed by atoms with van der Waals surface area (Å²) in [6, 6.07) is 5.77. The highest BCUT2D eigenvalue weighted by Gasteiger charge is 2.17. The Kier molecular flexibility index (Phi) is 3.65. The van der Waals surface area contributed by atoms with Crippen LogP contribution in [0.2, 0.25) is 0 Å². The Morgan fingerprint density at radius 2 is 2.00 bits per heavy atom. The number of fused-ring (bicyclic) bond motifs is 1. The van der Waals surface area contributed by atoms with Gasteiger partial charge in [0.15, 0.2) is 0 Å². The standard InChI is InChI=1S/C14H19N3O/c1-4-16(5-2)14(18)12-9-7-8-11-10-17(6-3)15-13(11)12/h7-10H,4-6H2,1-3H3. The molecule has 0 bridgehead atoms. The fourth-order valence-electron chi connectivity index (χ4n) is 2.11. The van der Waals surface area contributed by atoms with E-state index in [4.69, 9.17) is 0 Å². The van der Waals surface area contributed by atoms with Gasteiger partial charge in [-0.2, -0.15) is 5.10 Å². The van der Waals surface area contributed by atoms with Gasteiger partial charge in [-0.05, 0) is 26.8 Å². The molecule has 0 aliphatic rings. The highest BCUT2D eigenvalue weighted by atomic mass is 16.2.